The van der Waals surface area contributed by atoms with Gasteiger partial charge in [-0.05, 0) is 25.0 Å². The van der Waals surface area contributed by atoms with Crippen LogP contribution in [0.25, 0.3) is 10.9 Å². The van der Waals surface area contributed by atoms with Crippen molar-refractivity contribution in [3.05, 3.63) is 59.6 Å². The van der Waals surface area contributed by atoms with Crippen LogP contribution in [0.3, 0.4) is 0 Å². The van der Waals surface area contributed by atoms with Crippen molar-refractivity contribution in [2.75, 3.05) is 18.0 Å². The zero-order valence-corrected chi connectivity index (χ0v) is 14.9. The van der Waals surface area contributed by atoms with E-state index in [1.807, 2.05) is 18.2 Å². The summed E-state index contributed by atoms with van der Waals surface area (Å²) in [6.45, 7) is 1.67. The smallest absolute Gasteiger partial charge is 0.270 e. The van der Waals surface area contributed by atoms with Crippen LogP contribution in [0.5, 0.6) is 0 Å². The first-order valence-corrected chi connectivity index (χ1v) is 8.95. The van der Waals surface area contributed by atoms with Gasteiger partial charge in [-0.3, -0.25) is 9.78 Å². The first-order valence-electron chi connectivity index (χ1n) is 8.58. The van der Waals surface area contributed by atoms with Crippen molar-refractivity contribution in [3.63, 3.8) is 0 Å². The molecule has 2 aromatic heterocycles. The lowest BCUT2D eigenvalue weighted by atomic mass is 10.0. The van der Waals surface area contributed by atoms with E-state index in [-0.39, 0.29) is 11.9 Å². The molecule has 132 valence electrons. The Kier molecular flexibility index (Phi) is 4.67. The predicted molar refractivity (Wildman–Crippen MR) is 101 cm³/mol. The van der Waals surface area contributed by atoms with Gasteiger partial charge in [-0.25, -0.2) is 9.97 Å². The van der Waals surface area contributed by atoms with Crippen LogP contribution in [-0.2, 0) is 0 Å². The Morgan fingerprint density at radius 2 is 2.00 bits per heavy atom. The molecule has 4 rings (SSSR count). The van der Waals surface area contributed by atoms with Gasteiger partial charge in [0.2, 0.25) is 0 Å². The number of carbonyl (C=O) groups excluding carboxylic acids is 1. The first kappa shape index (κ1) is 16.7. The standard InChI is InChI=1S/C19H18ClN5O/c20-15-3-1-2-13-4-5-16(24-18(13)15)19(26)23-14-6-10-25(11-7-14)17-12-21-8-9-22-17/h1-5,8-9,12,14H,6-7,10-11H2,(H,23,26). The second kappa shape index (κ2) is 7.25. The summed E-state index contributed by atoms with van der Waals surface area (Å²) in [6, 6.07) is 9.32. The number of piperidine rings is 1. The van der Waals surface area contributed by atoms with Gasteiger partial charge in [0.05, 0.1) is 16.7 Å². The maximum absolute atomic E-state index is 12.6. The highest BCUT2D eigenvalue weighted by Gasteiger charge is 2.22. The van der Waals surface area contributed by atoms with E-state index in [9.17, 15) is 4.79 Å². The molecule has 0 spiro atoms. The molecule has 1 aliphatic rings. The number of fused-ring (bicyclic) bond motifs is 1. The summed E-state index contributed by atoms with van der Waals surface area (Å²) in [5.41, 5.74) is 1.04. The average molecular weight is 368 g/mol. The Morgan fingerprint density at radius 1 is 1.15 bits per heavy atom. The summed E-state index contributed by atoms with van der Waals surface area (Å²) in [6.07, 6.45) is 6.84. The molecule has 0 radical (unpaired) electrons. The maximum Gasteiger partial charge on any atom is 0.270 e. The van der Waals surface area contributed by atoms with Gasteiger partial charge in [-0.1, -0.05) is 29.8 Å². The number of pyridine rings is 1. The molecule has 0 aliphatic carbocycles. The van der Waals surface area contributed by atoms with Crippen molar-refractivity contribution in [1.29, 1.82) is 0 Å². The van der Waals surface area contributed by atoms with Gasteiger partial charge >= 0.3 is 0 Å². The molecule has 1 aromatic carbocycles. The summed E-state index contributed by atoms with van der Waals surface area (Å²) in [7, 11) is 0. The van der Waals surface area contributed by atoms with E-state index < -0.39 is 0 Å². The molecule has 0 saturated carbocycles. The molecule has 6 nitrogen and oxygen atoms in total. The predicted octanol–water partition coefficient (Wildman–Crippen LogP) is 3.08. The third-order valence-corrected chi connectivity index (χ3v) is 4.91. The van der Waals surface area contributed by atoms with Crippen molar-refractivity contribution in [2.24, 2.45) is 0 Å². The van der Waals surface area contributed by atoms with Crippen LogP contribution in [0.4, 0.5) is 5.82 Å². The van der Waals surface area contributed by atoms with Crippen molar-refractivity contribution in [1.82, 2.24) is 20.3 Å². The van der Waals surface area contributed by atoms with Crippen LogP contribution in [-0.4, -0.2) is 40.0 Å². The summed E-state index contributed by atoms with van der Waals surface area (Å²) in [5, 5.41) is 4.56. The Hall–Kier alpha value is -2.73. The number of para-hydroxylation sites is 1. The molecule has 3 aromatic rings. The molecule has 0 atom stereocenters. The highest BCUT2D eigenvalue weighted by molar-refractivity contribution is 6.35. The lowest BCUT2D eigenvalue weighted by molar-refractivity contribution is 0.0926. The molecule has 7 heteroatoms. The average Bonchev–Trinajstić information content (AvgIpc) is 2.69. The molecule has 3 heterocycles. The topological polar surface area (TPSA) is 71.0 Å². The monoisotopic (exact) mass is 367 g/mol. The first-order chi connectivity index (χ1) is 12.7. The van der Waals surface area contributed by atoms with Gasteiger partial charge in [-0.2, -0.15) is 0 Å². The Morgan fingerprint density at radius 3 is 2.77 bits per heavy atom. The van der Waals surface area contributed by atoms with Gasteiger partial charge in [0.25, 0.3) is 5.91 Å². The van der Waals surface area contributed by atoms with Crippen LogP contribution >= 0.6 is 11.6 Å². The third-order valence-electron chi connectivity index (χ3n) is 4.61. The lowest BCUT2D eigenvalue weighted by Gasteiger charge is -2.32. The molecule has 26 heavy (non-hydrogen) atoms. The number of amides is 1. The number of hydrogen-bond acceptors (Lipinski definition) is 5. The molecular formula is C19H18ClN5O. The van der Waals surface area contributed by atoms with E-state index >= 15 is 0 Å². The van der Waals surface area contributed by atoms with Crippen LogP contribution in [0.1, 0.15) is 23.3 Å². The maximum atomic E-state index is 12.6. The molecule has 0 unspecified atom stereocenters. The molecule has 1 N–H and O–H groups in total. The second-order valence-corrected chi connectivity index (χ2v) is 6.71. The number of anilines is 1. The summed E-state index contributed by atoms with van der Waals surface area (Å²) in [5.74, 6) is 0.716. The highest BCUT2D eigenvalue weighted by atomic mass is 35.5. The molecule has 1 aliphatic heterocycles. The zero-order valence-electron chi connectivity index (χ0n) is 14.1. The van der Waals surface area contributed by atoms with E-state index in [1.165, 1.54) is 0 Å². The number of rotatable bonds is 3. The van der Waals surface area contributed by atoms with Gasteiger partial charge in [0.1, 0.15) is 11.5 Å². The van der Waals surface area contributed by atoms with E-state index in [1.54, 1.807) is 30.7 Å². The van der Waals surface area contributed by atoms with Gasteiger partial charge < -0.3 is 10.2 Å². The minimum atomic E-state index is -0.162. The quantitative estimate of drug-likeness (QED) is 0.770. The van der Waals surface area contributed by atoms with Gasteiger partial charge in [-0.15, -0.1) is 0 Å². The number of hydrogen-bond donors (Lipinski definition) is 1. The van der Waals surface area contributed by atoms with Gasteiger partial charge in [0, 0.05) is 36.9 Å². The number of nitrogens with one attached hydrogen (secondary N) is 1. The van der Waals surface area contributed by atoms with Gasteiger partial charge in [0.15, 0.2) is 0 Å². The van der Waals surface area contributed by atoms with Crippen LogP contribution in [0.15, 0.2) is 48.9 Å². The van der Waals surface area contributed by atoms with Crippen molar-refractivity contribution < 1.29 is 4.79 Å². The number of halogens is 1. The third kappa shape index (κ3) is 3.46. The summed E-state index contributed by atoms with van der Waals surface area (Å²) >= 11 is 6.19. The number of aromatic nitrogens is 3. The van der Waals surface area contributed by atoms with E-state index in [2.05, 4.69) is 25.2 Å². The van der Waals surface area contributed by atoms with Crippen molar-refractivity contribution >= 4 is 34.2 Å². The fourth-order valence-electron chi connectivity index (χ4n) is 3.20. The molecule has 1 fully saturated rings. The SMILES string of the molecule is O=C(NC1CCN(c2cnccn2)CC1)c1ccc2cccc(Cl)c2n1. The van der Waals surface area contributed by atoms with Crippen LogP contribution in [0, 0.1) is 0 Å². The minimum Gasteiger partial charge on any atom is -0.355 e. The number of carbonyl (C=O) groups is 1. The number of benzene rings is 1. The lowest BCUT2D eigenvalue weighted by Crippen LogP contribution is -2.45. The fraction of sp³-hybridized carbons (Fsp3) is 0.263. The van der Waals surface area contributed by atoms with Crippen molar-refractivity contribution in [2.45, 2.75) is 18.9 Å². The normalized spacial score (nSPS) is 15.2. The minimum absolute atomic E-state index is 0.124. The summed E-state index contributed by atoms with van der Waals surface area (Å²) in [4.78, 5) is 27.6. The molecule has 1 amide bonds. The van der Waals surface area contributed by atoms with Crippen LogP contribution in [0.2, 0.25) is 5.02 Å². The number of nitrogens with zero attached hydrogens (tertiary/aromatic N) is 4. The molecule has 0 bridgehead atoms. The zero-order chi connectivity index (χ0) is 17.9. The highest BCUT2D eigenvalue weighted by Crippen LogP contribution is 2.22. The van der Waals surface area contributed by atoms with E-state index in [4.69, 9.17) is 11.6 Å². The Bertz CT molecular complexity index is 926. The second-order valence-electron chi connectivity index (χ2n) is 6.31. The fourth-order valence-corrected chi connectivity index (χ4v) is 3.43. The largest absolute Gasteiger partial charge is 0.355 e. The van der Waals surface area contributed by atoms with Crippen molar-refractivity contribution in [3.8, 4) is 0 Å². The Balaban J connectivity index is 1.41. The molecular weight excluding hydrogens is 350 g/mol. The van der Waals surface area contributed by atoms with Crippen LogP contribution < -0.4 is 10.2 Å². The van der Waals surface area contributed by atoms with E-state index in [0.29, 0.717) is 16.2 Å². The summed E-state index contributed by atoms with van der Waals surface area (Å²) < 4.78 is 0. The molecule has 1 saturated heterocycles. The Labute approximate surface area is 156 Å². The van der Waals surface area contributed by atoms with E-state index in [0.717, 1.165) is 37.1 Å².